The zero-order valence-electron chi connectivity index (χ0n) is 19.7. The van der Waals surface area contributed by atoms with Crippen LogP contribution >= 0.6 is 0 Å². The summed E-state index contributed by atoms with van der Waals surface area (Å²) in [6.07, 6.45) is 0.400. The molecule has 1 fully saturated rings. The topological polar surface area (TPSA) is 114 Å². The minimum Gasteiger partial charge on any atom is -0.489 e. The Hall–Kier alpha value is -4.53. The summed E-state index contributed by atoms with van der Waals surface area (Å²) in [5, 5.41) is 11.9. The van der Waals surface area contributed by atoms with E-state index in [9.17, 15) is 19.5 Å². The lowest BCUT2D eigenvalue weighted by Crippen LogP contribution is -2.30. The van der Waals surface area contributed by atoms with Crippen LogP contribution in [0.2, 0.25) is 0 Å². The van der Waals surface area contributed by atoms with Gasteiger partial charge in [0.2, 0.25) is 5.91 Å². The van der Waals surface area contributed by atoms with Crippen molar-refractivity contribution in [2.75, 3.05) is 25.5 Å². The number of aromatic carboxylic acids is 1. The maximum Gasteiger partial charge on any atom is 0.409 e. The minimum atomic E-state index is -1.10. The molecule has 3 aromatic carbocycles. The average Bonchev–Trinajstić information content (AvgIpc) is 3.34. The number of carbonyl (C=O) groups is 3. The molecule has 9 heteroatoms. The molecule has 0 bridgehead atoms. The van der Waals surface area contributed by atoms with Crippen molar-refractivity contribution in [2.24, 2.45) is 0 Å². The number of carbonyl (C=O) groups excluding carboxylic acids is 2. The van der Waals surface area contributed by atoms with Crippen LogP contribution in [0, 0.1) is 0 Å². The van der Waals surface area contributed by atoms with Crippen LogP contribution in [-0.4, -0.2) is 54.3 Å². The SMILES string of the molecule is COC(=O)N1CC[C@H](Oc2ccc(Oc3ccc(CC(=O)Nc4ccccc4C(=O)O)cc3)cc2)C1. The van der Waals surface area contributed by atoms with Gasteiger partial charge in [0.25, 0.3) is 0 Å². The first-order valence-corrected chi connectivity index (χ1v) is 11.4. The summed E-state index contributed by atoms with van der Waals surface area (Å²) in [6, 6.07) is 20.6. The van der Waals surface area contributed by atoms with E-state index in [-0.39, 0.29) is 35.8 Å². The molecule has 0 saturated carbocycles. The molecule has 1 aliphatic heterocycles. The average molecular weight is 491 g/mol. The van der Waals surface area contributed by atoms with Crippen LogP contribution in [0.5, 0.6) is 17.2 Å². The van der Waals surface area contributed by atoms with Gasteiger partial charge in [-0.15, -0.1) is 0 Å². The molecule has 1 heterocycles. The third-order valence-electron chi connectivity index (χ3n) is 5.66. The zero-order chi connectivity index (χ0) is 25.5. The highest BCUT2D eigenvalue weighted by molar-refractivity contribution is 6.01. The molecule has 3 aromatic rings. The Bertz CT molecular complexity index is 1230. The summed E-state index contributed by atoms with van der Waals surface area (Å²) in [4.78, 5) is 36.9. The number of amides is 2. The van der Waals surface area contributed by atoms with Crippen molar-refractivity contribution < 1.29 is 33.7 Å². The second kappa shape index (κ2) is 11.3. The Morgan fingerprint density at radius 1 is 0.944 bits per heavy atom. The van der Waals surface area contributed by atoms with Gasteiger partial charge in [-0.1, -0.05) is 24.3 Å². The van der Waals surface area contributed by atoms with E-state index in [0.29, 0.717) is 30.3 Å². The number of nitrogens with zero attached hydrogens (tertiary/aromatic N) is 1. The number of benzene rings is 3. The fraction of sp³-hybridized carbons (Fsp3) is 0.222. The van der Waals surface area contributed by atoms with Gasteiger partial charge in [0.15, 0.2) is 0 Å². The van der Waals surface area contributed by atoms with E-state index in [2.05, 4.69) is 5.32 Å². The van der Waals surface area contributed by atoms with Crippen LogP contribution in [-0.2, 0) is 16.0 Å². The largest absolute Gasteiger partial charge is 0.489 e. The number of hydrogen-bond acceptors (Lipinski definition) is 6. The fourth-order valence-electron chi connectivity index (χ4n) is 3.87. The van der Waals surface area contributed by atoms with Crippen molar-refractivity contribution in [3.8, 4) is 17.2 Å². The molecule has 0 unspecified atom stereocenters. The number of para-hydroxylation sites is 1. The summed E-state index contributed by atoms with van der Waals surface area (Å²) in [6.45, 7) is 1.09. The molecule has 9 nitrogen and oxygen atoms in total. The normalized spacial score (nSPS) is 14.7. The lowest BCUT2D eigenvalue weighted by Gasteiger charge is -2.16. The van der Waals surface area contributed by atoms with Crippen LogP contribution in [0.15, 0.2) is 72.8 Å². The Morgan fingerprint density at radius 3 is 2.25 bits per heavy atom. The number of ether oxygens (including phenoxy) is 3. The molecule has 186 valence electrons. The van der Waals surface area contributed by atoms with E-state index < -0.39 is 5.97 Å². The summed E-state index contributed by atoms with van der Waals surface area (Å²) in [5.74, 6) is 0.500. The zero-order valence-corrected chi connectivity index (χ0v) is 19.7. The van der Waals surface area contributed by atoms with Gasteiger partial charge < -0.3 is 29.5 Å². The third-order valence-corrected chi connectivity index (χ3v) is 5.66. The van der Waals surface area contributed by atoms with E-state index in [4.69, 9.17) is 14.2 Å². The van der Waals surface area contributed by atoms with Crippen molar-refractivity contribution in [1.29, 1.82) is 0 Å². The van der Waals surface area contributed by atoms with Crippen LogP contribution in [0.4, 0.5) is 10.5 Å². The van der Waals surface area contributed by atoms with Gasteiger partial charge >= 0.3 is 12.1 Å². The third kappa shape index (κ3) is 6.32. The Morgan fingerprint density at radius 2 is 1.58 bits per heavy atom. The molecular weight excluding hydrogens is 464 g/mol. The van der Waals surface area contributed by atoms with Gasteiger partial charge in [0.1, 0.15) is 23.4 Å². The van der Waals surface area contributed by atoms with Gasteiger partial charge in [-0.2, -0.15) is 0 Å². The molecule has 1 saturated heterocycles. The number of carboxylic acids is 1. The fourth-order valence-corrected chi connectivity index (χ4v) is 3.87. The van der Waals surface area contributed by atoms with Crippen LogP contribution < -0.4 is 14.8 Å². The second-order valence-electron chi connectivity index (χ2n) is 8.24. The van der Waals surface area contributed by atoms with Crippen molar-refractivity contribution in [3.05, 3.63) is 83.9 Å². The number of methoxy groups -OCH3 is 1. The molecule has 4 rings (SSSR count). The molecule has 36 heavy (non-hydrogen) atoms. The van der Waals surface area contributed by atoms with Crippen LogP contribution in [0.3, 0.4) is 0 Å². The van der Waals surface area contributed by atoms with Crippen LogP contribution in [0.25, 0.3) is 0 Å². The number of rotatable bonds is 8. The first-order chi connectivity index (χ1) is 17.4. The van der Waals surface area contributed by atoms with E-state index in [1.807, 2.05) is 12.1 Å². The van der Waals surface area contributed by atoms with E-state index in [1.54, 1.807) is 59.5 Å². The Kier molecular flexibility index (Phi) is 7.69. The highest BCUT2D eigenvalue weighted by Gasteiger charge is 2.28. The quantitative estimate of drug-likeness (QED) is 0.475. The number of carboxylic acid groups (broad SMARTS) is 1. The monoisotopic (exact) mass is 490 g/mol. The molecule has 2 amide bonds. The molecule has 1 aliphatic rings. The number of likely N-dealkylation sites (tertiary alicyclic amines) is 1. The number of anilines is 1. The van der Waals surface area contributed by atoms with Crippen LogP contribution in [0.1, 0.15) is 22.3 Å². The Balaban J connectivity index is 1.28. The minimum absolute atomic E-state index is 0.0393. The summed E-state index contributed by atoms with van der Waals surface area (Å²) < 4.78 is 16.6. The van der Waals surface area contributed by atoms with E-state index >= 15 is 0 Å². The van der Waals surface area contributed by atoms with Gasteiger partial charge in [0.05, 0.1) is 31.3 Å². The molecule has 0 radical (unpaired) electrons. The molecule has 2 N–H and O–H groups in total. The lowest BCUT2D eigenvalue weighted by atomic mass is 10.1. The van der Waals surface area contributed by atoms with Gasteiger partial charge in [-0.25, -0.2) is 9.59 Å². The number of nitrogens with one attached hydrogen (secondary N) is 1. The second-order valence-corrected chi connectivity index (χ2v) is 8.24. The van der Waals surface area contributed by atoms with Crippen molar-refractivity contribution in [2.45, 2.75) is 18.9 Å². The van der Waals surface area contributed by atoms with Crippen molar-refractivity contribution in [3.63, 3.8) is 0 Å². The molecule has 1 atom stereocenters. The highest BCUT2D eigenvalue weighted by atomic mass is 16.5. The highest BCUT2D eigenvalue weighted by Crippen LogP contribution is 2.26. The molecule has 0 aliphatic carbocycles. The molecular formula is C27H26N2O7. The van der Waals surface area contributed by atoms with Gasteiger partial charge in [-0.05, 0) is 54.1 Å². The first-order valence-electron chi connectivity index (χ1n) is 11.4. The predicted molar refractivity (Wildman–Crippen MR) is 132 cm³/mol. The molecule has 0 aromatic heterocycles. The Labute approximate surface area is 208 Å². The maximum atomic E-state index is 12.4. The number of hydrogen-bond donors (Lipinski definition) is 2. The summed E-state index contributed by atoms with van der Waals surface area (Å²) >= 11 is 0. The van der Waals surface area contributed by atoms with Crippen molar-refractivity contribution >= 4 is 23.7 Å². The smallest absolute Gasteiger partial charge is 0.409 e. The maximum absolute atomic E-state index is 12.4. The van der Waals surface area contributed by atoms with Gasteiger partial charge in [0, 0.05) is 13.0 Å². The first kappa shape index (κ1) is 24.6. The molecule has 0 spiro atoms. The standard InChI is InChI=1S/C27H26N2O7/c1-34-27(33)29-15-14-22(17-29)36-21-12-10-20(11-13-21)35-19-8-6-18(7-9-19)16-25(30)28-24-5-3-2-4-23(24)26(31)32/h2-13,22H,14-17H2,1H3,(H,28,30)(H,31,32)/t22-/m0/s1. The van der Waals surface area contributed by atoms with Gasteiger partial charge in [-0.3, -0.25) is 4.79 Å². The van der Waals surface area contributed by atoms with E-state index in [1.165, 1.54) is 13.2 Å². The summed E-state index contributed by atoms with van der Waals surface area (Å²) in [5.41, 5.74) is 1.06. The summed E-state index contributed by atoms with van der Waals surface area (Å²) in [7, 11) is 1.36. The van der Waals surface area contributed by atoms with Crippen molar-refractivity contribution in [1.82, 2.24) is 4.90 Å². The van der Waals surface area contributed by atoms with E-state index in [0.717, 1.165) is 12.0 Å². The predicted octanol–water partition coefficient (Wildman–Crippen LogP) is 4.58. The lowest BCUT2D eigenvalue weighted by molar-refractivity contribution is -0.115.